The van der Waals surface area contributed by atoms with Crippen molar-refractivity contribution in [1.29, 1.82) is 0 Å². The number of piperidine rings is 1. The third-order valence-corrected chi connectivity index (χ3v) is 8.80. The smallest absolute Gasteiger partial charge is 0.383 e. The minimum absolute atomic E-state index is 0.0415. The number of amides is 3. The molecule has 2 N–H and O–H groups in total. The monoisotopic (exact) mass is 596 g/mol. The molecular formula is C30H28F4N6O3. The van der Waals surface area contributed by atoms with Crippen LogP contribution in [0.4, 0.5) is 22.4 Å². The third kappa shape index (κ3) is 4.62. The van der Waals surface area contributed by atoms with Gasteiger partial charge in [0.25, 0.3) is 5.91 Å². The van der Waals surface area contributed by atoms with Crippen LogP contribution in [0.1, 0.15) is 29.7 Å². The Balaban J connectivity index is 1.20. The summed E-state index contributed by atoms with van der Waals surface area (Å²) in [6, 6.07) is 8.08. The van der Waals surface area contributed by atoms with Crippen molar-refractivity contribution in [3.8, 4) is 0 Å². The van der Waals surface area contributed by atoms with Crippen LogP contribution in [0.3, 0.4) is 0 Å². The Bertz CT molecular complexity index is 1800. The van der Waals surface area contributed by atoms with Crippen molar-refractivity contribution in [1.82, 2.24) is 29.1 Å². The highest BCUT2D eigenvalue weighted by Gasteiger charge is 2.44. The van der Waals surface area contributed by atoms with Crippen molar-refractivity contribution in [3.63, 3.8) is 0 Å². The normalized spacial score (nSPS) is 19.0. The van der Waals surface area contributed by atoms with Gasteiger partial charge in [0.15, 0.2) is 6.10 Å². The number of aliphatic hydroxyl groups excluding tert-OH is 1. The number of urea groups is 1. The van der Waals surface area contributed by atoms with E-state index in [-0.39, 0.29) is 51.0 Å². The fourth-order valence-electron chi connectivity index (χ4n) is 6.68. The van der Waals surface area contributed by atoms with E-state index in [0.29, 0.717) is 35.2 Å². The number of halogens is 4. The van der Waals surface area contributed by atoms with Crippen LogP contribution in [0.5, 0.6) is 0 Å². The number of imidazole rings is 1. The van der Waals surface area contributed by atoms with Gasteiger partial charge in [0.1, 0.15) is 11.5 Å². The van der Waals surface area contributed by atoms with Crippen LogP contribution in [0, 0.1) is 11.7 Å². The van der Waals surface area contributed by atoms with E-state index in [0.717, 1.165) is 22.4 Å². The fourth-order valence-corrected chi connectivity index (χ4v) is 6.68. The molecule has 7 rings (SSSR count). The van der Waals surface area contributed by atoms with Gasteiger partial charge < -0.3 is 24.8 Å². The minimum atomic E-state index is -4.70. The van der Waals surface area contributed by atoms with Crippen molar-refractivity contribution in [2.24, 2.45) is 5.92 Å². The van der Waals surface area contributed by atoms with Crippen molar-refractivity contribution in [3.05, 3.63) is 71.6 Å². The van der Waals surface area contributed by atoms with Crippen molar-refractivity contribution in [2.75, 3.05) is 26.2 Å². The number of nitrogens with zero attached hydrogens (tertiary/aromatic N) is 5. The lowest BCUT2D eigenvalue weighted by Crippen LogP contribution is -2.49. The number of fused-ring (bicyclic) bond motifs is 1. The zero-order valence-corrected chi connectivity index (χ0v) is 22.9. The number of aromatic nitrogens is 3. The van der Waals surface area contributed by atoms with Gasteiger partial charge in [-0.05, 0) is 48.6 Å². The van der Waals surface area contributed by atoms with E-state index in [1.807, 2.05) is 39.6 Å². The standard InChI is InChI=1S/C30H28F4N6O3/c31-19-11-18-15-39(29(43)37-7-4-17(5-8-37)27(41)30(32,33)34)10-9-38-16-22(20(12-19)26(18)38)25-21(13-36-28(25)42)23-14-35-24-3-1-2-6-40(23)24/h1-3,6,11-12,14,16-17,27,41H,4-5,7-10,13,15H2,(H,36,42). The van der Waals surface area contributed by atoms with E-state index >= 15 is 4.39 Å². The van der Waals surface area contributed by atoms with Crippen molar-refractivity contribution in [2.45, 2.75) is 38.2 Å². The summed E-state index contributed by atoms with van der Waals surface area (Å²) in [5, 5.41) is 13.1. The summed E-state index contributed by atoms with van der Waals surface area (Å²) in [6.45, 7) is 1.26. The van der Waals surface area contributed by atoms with Crippen molar-refractivity contribution < 1.29 is 32.3 Å². The highest BCUT2D eigenvalue weighted by atomic mass is 19.4. The Kier molecular flexibility index (Phi) is 6.45. The zero-order chi connectivity index (χ0) is 30.0. The number of rotatable bonds is 3. The first-order valence-corrected chi connectivity index (χ1v) is 14.1. The number of nitrogens with one attached hydrogen (secondary N) is 1. The molecule has 0 bridgehead atoms. The van der Waals surface area contributed by atoms with Gasteiger partial charge in [0.2, 0.25) is 0 Å². The van der Waals surface area contributed by atoms with Crippen LogP contribution in [0.25, 0.3) is 27.7 Å². The molecule has 6 heterocycles. The van der Waals surface area contributed by atoms with Crippen LogP contribution in [0.15, 0.2) is 48.9 Å². The SMILES string of the molecule is O=C1NCC(c2cnc3ccccn23)=C1c1cn2c3c(cc(F)cc13)CN(C(=O)N1CCC(C(O)C(F)(F)F)CC1)CC2. The van der Waals surface area contributed by atoms with E-state index in [1.54, 1.807) is 11.1 Å². The lowest BCUT2D eigenvalue weighted by Gasteiger charge is -2.37. The quantitative estimate of drug-likeness (QED) is 0.349. The van der Waals surface area contributed by atoms with E-state index in [9.17, 15) is 27.9 Å². The molecule has 1 unspecified atom stereocenters. The molecule has 13 heteroatoms. The molecule has 3 amide bonds. The molecule has 0 spiro atoms. The van der Waals surface area contributed by atoms with Gasteiger partial charge in [-0.25, -0.2) is 14.2 Å². The third-order valence-electron chi connectivity index (χ3n) is 8.80. The van der Waals surface area contributed by atoms with Crippen LogP contribution >= 0.6 is 0 Å². The van der Waals surface area contributed by atoms with Gasteiger partial charge in [0, 0.05) is 68.2 Å². The first-order valence-electron chi connectivity index (χ1n) is 14.1. The first-order chi connectivity index (χ1) is 20.6. The summed E-state index contributed by atoms with van der Waals surface area (Å²) < 4.78 is 57.9. The van der Waals surface area contributed by atoms with Gasteiger partial charge >= 0.3 is 12.2 Å². The molecule has 3 aromatic heterocycles. The summed E-state index contributed by atoms with van der Waals surface area (Å²) in [5.41, 5.74) is 4.59. The average Bonchev–Trinajstić information content (AvgIpc) is 3.64. The Morgan fingerprint density at radius 3 is 2.65 bits per heavy atom. The maximum absolute atomic E-state index is 15.1. The predicted molar refractivity (Wildman–Crippen MR) is 149 cm³/mol. The van der Waals surface area contributed by atoms with Gasteiger partial charge in [-0.3, -0.25) is 9.20 Å². The van der Waals surface area contributed by atoms with E-state index in [1.165, 1.54) is 17.0 Å². The molecule has 4 aromatic rings. The van der Waals surface area contributed by atoms with Gasteiger partial charge in [-0.2, -0.15) is 13.2 Å². The molecule has 0 radical (unpaired) electrons. The highest BCUT2D eigenvalue weighted by molar-refractivity contribution is 6.32. The van der Waals surface area contributed by atoms with E-state index < -0.39 is 24.0 Å². The number of likely N-dealkylation sites (tertiary alicyclic amines) is 1. The molecule has 9 nitrogen and oxygen atoms in total. The van der Waals surface area contributed by atoms with E-state index in [2.05, 4.69) is 10.3 Å². The zero-order valence-electron chi connectivity index (χ0n) is 22.9. The molecule has 3 aliphatic rings. The number of carbonyl (C=O) groups excluding carboxylic acids is 2. The number of pyridine rings is 1. The lowest BCUT2D eigenvalue weighted by molar-refractivity contribution is -0.222. The Morgan fingerprint density at radius 1 is 1.09 bits per heavy atom. The number of alkyl halides is 3. The molecule has 1 aromatic carbocycles. The summed E-state index contributed by atoms with van der Waals surface area (Å²) in [6.07, 6.45) is -1.60. The van der Waals surface area contributed by atoms with Crippen LogP contribution in [-0.2, 0) is 17.9 Å². The predicted octanol–water partition coefficient (Wildman–Crippen LogP) is 4.04. The molecule has 1 atom stereocenters. The second-order valence-electron chi connectivity index (χ2n) is 11.3. The largest absolute Gasteiger partial charge is 0.414 e. The lowest BCUT2D eigenvalue weighted by atomic mass is 9.91. The minimum Gasteiger partial charge on any atom is -0.383 e. The number of hydrogen-bond acceptors (Lipinski definition) is 4. The Labute approximate surface area is 243 Å². The van der Waals surface area contributed by atoms with Crippen LogP contribution in [-0.4, -0.2) is 79.3 Å². The Hall–Kier alpha value is -4.39. The molecule has 224 valence electrons. The highest BCUT2D eigenvalue weighted by Crippen LogP contribution is 2.38. The molecule has 1 fully saturated rings. The molecular weight excluding hydrogens is 568 g/mol. The number of benzene rings is 1. The summed E-state index contributed by atoms with van der Waals surface area (Å²) in [7, 11) is 0. The van der Waals surface area contributed by atoms with Gasteiger partial charge in [-0.1, -0.05) is 6.07 Å². The molecule has 0 aliphatic carbocycles. The molecule has 43 heavy (non-hydrogen) atoms. The van der Waals surface area contributed by atoms with Crippen LogP contribution < -0.4 is 5.32 Å². The topological polar surface area (TPSA) is 95.1 Å². The van der Waals surface area contributed by atoms with Crippen LogP contribution in [0.2, 0.25) is 0 Å². The molecule has 0 saturated carbocycles. The molecule has 1 saturated heterocycles. The molecule has 3 aliphatic heterocycles. The van der Waals surface area contributed by atoms with Crippen molar-refractivity contribution >= 4 is 39.6 Å². The maximum Gasteiger partial charge on any atom is 0.414 e. The second kappa shape index (κ2) is 10.1. The van der Waals surface area contributed by atoms with Gasteiger partial charge in [-0.15, -0.1) is 0 Å². The summed E-state index contributed by atoms with van der Waals surface area (Å²) >= 11 is 0. The second-order valence-corrected chi connectivity index (χ2v) is 11.3. The Morgan fingerprint density at radius 2 is 1.88 bits per heavy atom. The van der Waals surface area contributed by atoms with E-state index in [4.69, 9.17) is 0 Å². The number of hydrogen-bond donors (Lipinski definition) is 2. The summed E-state index contributed by atoms with van der Waals surface area (Å²) in [4.78, 5) is 34.2. The fraction of sp³-hybridized carbons (Fsp3) is 0.367. The number of carbonyl (C=O) groups is 2. The maximum atomic E-state index is 15.1. The van der Waals surface area contributed by atoms with Gasteiger partial charge in [0.05, 0.1) is 23.0 Å². The summed E-state index contributed by atoms with van der Waals surface area (Å²) in [5.74, 6) is -1.73. The number of aliphatic hydroxyl groups is 1. The first kappa shape index (κ1) is 27.4. The average molecular weight is 597 g/mol.